The van der Waals surface area contributed by atoms with Crippen molar-refractivity contribution in [3.8, 4) is 11.1 Å². The minimum atomic E-state index is -1.05. The molecule has 1 aliphatic rings. The van der Waals surface area contributed by atoms with Gasteiger partial charge in [-0.2, -0.15) is 0 Å². The SMILES string of the molecule is O=C(O)CC(NCc1ccccc1)C(=O)OCc1cccc2c1Cc1ccccc1-2. The molecule has 0 spiro atoms. The van der Waals surface area contributed by atoms with Gasteiger partial charge in [-0.05, 0) is 39.8 Å². The van der Waals surface area contributed by atoms with Crippen LogP contribution in [-0.2, 0) is 33.9 Å². The van der Waals surface area contributed by atoms with Crippen molar-refractivity contribution in [1.29, 1.82) is 0 Å². The molecule has 0 saturated heterocycles. The monoisotopic (exact) mass is 401 g/mol. The number of hydrogen-bond donors (Lipinski definition) is 2. The molecular weight excluding hydrogens is 378 g/mol. The summed E-state index contributed by atoms with van der Waals surface area (Å²) >= 11 is 0. The van der Waals surface area contributed by atoms with E-state index in [2.05, 4.69) is 23.5 Å². The Kier molecular flexibility index (Phi) is 5.91. The Hall–Kier alpha value is -3.44. The van der Waals surface area contributed by atoms with E-state index in [9.17, 15) is 14.7 Å². The summed E-state index contributed by atoms with van der Waals surface area (Å²) in [5.74, 6) is -1.60. The molecule has 0 radical (unpaired) electrons. The molecule has 0 saturated carbocycles. The van der Waals surface area contributed by atoms with Crippen molar-refractivity contribution in [3.05, 3.63) is 95.1 Å². The largest absolute Gasteiger partial charge is 0.481 e. The van der Waals surface area contributed by atoms with E-state index in [4.69, 9.17) is 4.74 Å². The first-order valence-corrected chi connectivity index (χ1v) is 9.96. The maximum atomic E-state index is 12.6. The number of hydrogen-bond acceptors (Lipinski definition) is 4. The summed E-state index contributed by atoms with van der Waals surface area (Å²) in [4.78, 5) is 23.9. The molecule has 5 nitrogen and oxygen atoms in total. The van der Waals surface area contributed by atoms with Gasteiger partial charge < -0.3 is 9.84 Å². The van der Waals surface area contributed by atoms with E-state index in [1.54, 1.807) is 0 Å². The van der Waals surface area contributed by atoms with Crippen molar-refractivity contribution in [2.45, 2.75) is 32.0 Å². The highest BCUT2D eigenvalue weighted by atomic mass is 16.5. The molecule has 30 heavy (non-hydrogen) atoms. The number of carboxylic acids is 1. The van der Waals surface area contributed by atoms with Gasteiger partial charge in [0.1, 0.15) is 12.6 Å². The Morgan fingerprint density at radius 2 is 1.67 bits per heavy atom. The number of carbonyl (C=O) groups is 2. The van der Waals surface area contributed by atoms with E-state index < -0.39 is 18.0 Å². The third-order valence-corrected chi connectivity index (χ3v) is 5.38. The van der Waals surface area contributed by atoms with E-state index in [1.165, 1.54) is 22.3 Å². The maximum Gasteiger partial charge on any atom is 0.324 e. The summed E-state index contributed by atoms with van der Waals surface area (Å²) in [7, 11) is 0. The number of carboxylic acid groups (broad SMARTS) is 1. The second-order valence-electron chi connectivity index (χ2n) is 7.40. The molecule has 2 N–H and O–H groups in total. The molecule has 0 aromatic heterocycles. The van der Waals surface area contributed by atoms with Crippen LogP contribution in [0, 0.1) is 0 Å². The van der Waals surface area contributed by atoms with Crippen LogP contribution < -0.4 is 5.32 Å². The Bertz CT molecular complexity index is 1060. The summed E-state index contributed by atoms with van der Waals surface area (Å²) in [5.41, 5.74) is 6.74. The Balaban J connectivity index is 1.43. The standard InChI is InChI=1S/C25H23NO4/c27-24(28)14-23(26-15-17-7-2-1-3-8-17)25(29)30-16-19-10-6-12-21-20-11-5-4-9-18(20)13-22(19)21/h1-12,23,26H,13-16H2,(H,27,28). The number of carbonyl (C=O) groups excluding carboxylic acids is 1. The summed E-state index contributed by atoms with van der Waals surface area (Å²) in [6, 6.07) is 22.9. The number of aliphatic carboxylic acids is 1. The number of fused-ring (bicyclic) bond motifs is 3. The zero-order valence-electron chi connectivity index (χ0n) is 16.5. The molecule has 0 aliphatic heterocycles. The zero-order chi connectivity index (χ0) is 20.9. The number of benzene rings is 3. The molecule has 3 aromatic carbocycles. The predicted molar refractivity (Wildman–Crippen MR) is 114 cm³/mol. The molecule has 4 rings (SSSR count). The maximum absolute atomic E-state index is 12.6. The molecule has 3 aromatic rings. The van der Waals surface area contributed by atoms with E-state index in [1.807, 2.05) is 54.6 Å². The first-order chi connectivity index (χ1) is 14.6. The third-order valence-electron chi connectivity index (χ3n) is 5.38. The van der Waals surface area contributed by atoms with Gasteiger partial charge in [0.25, 0.3) is 0 Å². The van der Waals surface area contributed by atoms with Crippen LogP contribution in [0.1, 0.15) is 28.7 Å². The van der Waals surface area contributed by atoms with Crippen molar-refractivity contribution >= 4 is 11.9 Å². The van der Waals surface area contributed by atoms with Crippen LogP contribution in [0.15, 0.2) is 72.8 Å². The lowest BCUT2D eigenvalue weighted by atomic mass is 10.0. The molecule has 0 fully saturated rings. The van der Waals surface area contributed by atoms with E-state index in [-0.39, 0.29) is 13.0 Å². The van der Waals surface area contributed by atoms with E-state index in [0.29, 0.717) is 6.54 Å². The highest BCUT2D eigenvalue weighted by molar-refractivity contribution is 5.82. The van der Waals surface area contributed by atoms with Gasteiger partial charge in [-0.25, -0.2) is 0 Å². The first-order valence-electron chi connectivity index (χ1n) is 9.96. The van der Waals surface area contributed by atoms with Crippen molar-refractivity contribution < 1.29 is 19.4 Å². The molecule has 1 unspecified atom stereocenters. The number of nitrogens with one attached hydrogen (secondary N) is 1. The van der Waals surface area contributed by atoms with Gasteiger partial charge in [0.2, 0.25) is 0 Å². The van der Waals surface area contributed by atoms with Gasteiger partial charge in [-0.15, -0.1) is 0 Å². The van der Waals surface area contributed by atoms with Crippen molar-refractivity contribution in [2.75, 3.05) is 0 Å². The van der Waals surface area contributed by atoms with Gasteiger partial charge >= 0.3 is 11.9 Å². The lowest BCUT2D eigenvalue weighted by Crippen LogP contribution is -2.39. The number of esters is 1. The molecular formula is C25H23NO4. The first kappa shape index (κ1) is 19.9. The fraction of sp³-hybridized carbons (Fsp3) is 0.200. The summed E-state index contributed by atoms with van der Waals surface area (Å²) in [6.07, 6.45) is 0.480. The Morgan fingerprint density at radius 3 is 2.47 bits per heavy atom. The average molecular weight is 401 g/mol. The summed E-state index contributed by atoms with van der Waals surface area (Å²) in [6.45, 7) is 0.517. The highest BCUT2D eigenvalue weighted by Gasteiger charge is 2.25. The van der Waals surface area contributed by atoms with E-state index >= 15 is 0 Å². The van der Waals surface area contributed by atoms with Gasteiger partial charge in [0.15, 0.2) is 0 Å². The quantitative estimate of drug-likeness (QED) is 0.438. The average Bonchev–Trinajstić information content (AvgIpc) is 3.15. The molecule has 5 heteroatoms. The minimum Gasteiger partial charge on any atom is -0.481 e. The predicted octanol–water partition coefficient (Wildman–Crippen LogP) is 3.93. The Labute approximate surface area is 175 Å². The lowest BCUT2D eigenvalue weighted by molar-refractivity contribution is -0.151. The van der Waals surface area contributed by atoms with Crippen molar-refractivity contribution in [1.82, 2.24) is 5.32 Å². The normalized spacial score (nSPS) is 12.7. The molecule has 0 bridgehead atoms. The molecule has 0 heterocycles. The van der Waals surface area contributed by atoms with Crippen LogP contribution in [0.2, 0.25) is 0 Å². The fourth-order valence-corrected chi connectivity index (χ4v) is 3.86. The Morgan fingerprint density at radius 1 is 0.933 bits per heavy atom. The van der Waals surface area contributed by atoms with Gasteiger partial charge in [-0.3, -0.25) is 14.9 Å². The topological polar surface area (TPSA) is 75.6 Å². The van der Waals surface area contributed by atoms with E-state index in [0.717, 1.165) is 17.5 Å². The van der Waals surface area contributed by atoms with Crippen molar-refractivity contribution in [2.24, 2.45) is 0 Å². The molecule has 1 aliphatic carbocycles. The number of ether oxygens (including phenoxy) is 1. The minimum absolute atomic E-state index is 0.124. The van der Waals surface area contributed by atoms with Crippen LogP contribution in [0.4, 0.5) is 0 Å². The van der Waals surface area contributed by atoms with Crippen LogP contribution in [0.3, 0.4) is 0 Å². The molecule has 152 valence electrons. The smallest absolute Gasteiger partial charge is 0.324 e. The second kappa shape index (κ2) is 8.93. The van der Waals surface area contributed by atoms with Crippen LogP contribution in [0.5, 0.6) is 0 Å². The van der Waals surface area contributed by atoms with Crippen molar-refractivity contribution in [3.63, 3.8) is 0 Å². The van der Waals surface area contributed by atoms with Gasteiger partial charge in [0, 0.05) is 6.54 Å². The van der Waals surface area contributed by atoms with Crippen LogP contribution >= 0.6 is 0 Å². The third kappa shape index (κ3) is 4.42. The highest BCUT2D eigenvalue weighted by Crippen LogP contribution is 2.38. The zero-order valence-corrected chi connectivity index (χ0v) is 16.5. The van der Waals surface area contributed by atoms with Gasteiger partial charge in [-0.1, -0.05) is 72.8 Å². The molecule has 0 amide bonds. The fourth-order valence-electron chi connectivity index (χ4n) is 3.86. The summed E-state index contributed by atoms with van der Waals surface area (Å²) in [5, 5.41) is 12.2. The second-order valence-corrected chi connectivity index (χ2v) is 7.40. The molecule has 1 atom stereocenters. The van der Waals surface area contributed by atoms with Gasteiger partial charge in [0.05, 0.1) is 6.42 Å². The summed E-state index contributed by atoms with van der Waals surface area (Å²) < 4.78 is 5.54. The van der Waals surface area contributed by atoms with Crippen LogP contribution in [-0.4, -0.2) is 23.1 Å². The number of rotatable bonds is 8. The van der Waals surface area contributed by atoms with Crippen LogP contribution in [0.25, 0.3) is 11.1 Å². The lowest BCUT2D eigenvalue weighted by Gasteiger charge is -2.17.